The zero-order valence-corrected chi connectivity index (χ0v) is 17.1. The van der Waals surface area contributed by atoms with Crippen molar-refractivity contribution in [3.63, 3.8) is 0 Å². The molecular weight excluding hydrogens is 420 g/mol. The average Bonchev–Trinajstić information content (AvgIpc) is 3.22. The molecule has 3 atom stereocenters. The largest absolute Gasteiger partial charge is 0.382 e. The van der Waals surface area contributed by atoms with Crippen LogP contribution in [0, 0.1) is 23.0 Å². The zero-order valence-electron chi connectivity index (χ0n) is 17.1. The lowest BCUT2D eigenvalue weighted by atomic mass is 9.91. The summed E-state index contributed by atoms with van der Waals surface area (Å²) in [4.78, 5) is 18.7. The van der Waals surface area contributed by atoms with Crippen molar-refractivity contribution in [3.8, 4) is 0 Å². The molecule has 5 N–H and O–H groups in total. The van der Waals surface area contributed by atoms with E-state index in [0.29, 0.717) is 12.4 Å². The Kier molecular flexibility index (Phi) is 4.64. The van der Waals surface area contributed by atoms with Crippen LogP contribution in [-0.4, -0.2) is 49.4 Å². The first-order chi connectivity index (χ1) is 15.3. The van der Waals surface area contributed by atoms with Gasteiger partial charge in [-0.15, -0.1) is 10.2 Å². The molecule has 5 rings (SSSR count). The highest BCUT2D eigenvalue weighted by Crippen LogP contribution is 2.32. The molecule has 1 aromatic carbocycles. The van der Waals surface area contributed by atoms with E-state index in [1.807, 2.05) is 6.92 Å². The SMILES string of the molecule is C[C@H]1CC[C@@H](C2Nc3c4cc(F)cc(F)c4nc(=N)n3N2)CN1C(=O)c1ccc(N)nn1. The van der Waals surface area contributed by atoms with E-state index in [1.165, 1.54) is 16.8 Å². The van der Waals surface area contributed by atoms with Gasteiger partial charge in [0.2, 0.25) is 5.62 Å². The van der Waals surface area contributed by atoms with Crippen LogP contribution in [0.2, 0.25) is 0 Å². The second-order valence-electron chi connectivity index (χ2n) is 8.14. The highest BCUT2D eigenvalue weighted by atomic mass is 19.1. The normalized spacial score (nSPS) is 22.3. The summed E-state index contributed by atoms with van der Waals surface area (Å²) >= 11 is 0. The molecule has 4 heterocycles. The van der Waals surface area contributed by atoms with Gasteiger partial charge in [-0.2, -0.15) is 0 Å². The summed E-state index contributed by atoms with van der Waals surface area (Å²) in [6.45, 7) is 2.40. The third kappa shape index (κ3) is 3.27. The molecule has 1 saturated heterocycles. The maximum Gasteiger partial charge on any atom is 0.274 e. The first kappa shape index (κ1) is 20.1. The van der Waals surface area contributed by atoms with Gasteiger partial charge in [0.1, 0.15) is 29.1 Å². The molecule has 2 aliphatic rings. The number of hydrogen-bond donors (Lipinski definition) is 4. The van der Waals surface area contributed by atoms with Gasteiger partial charge in [0.15, 0.2) is 11.5 Å². The summed E-state index contributed by atoms with van der Waals surface area (Å²) in [7, 11) is 0. The summed E-state index contributed by atoms with van der Waals surface area (Å²) in [5.41, 5.74) is 8.65. The van der Waals surface area contributed by atoms with E-state index >= 15 is 0 Å². The summed E-state index contributed by atoms with van der Waals surface area (Å²) < 4.78 is 29.4. The number of nitrogen functional groups attached to an aromatic ring is 1. The van der Waals surface area contributed by atoms with Crippen molar-refractivity contribution < 1.29 is 13.6 Å². The summed E-state index contributed by atoms with van der Waals surface area (Å²) in [6, 6.07) is 5.02. The highest BCUT2D eigenvalue weighted by molar-refractivity contribution is 5.92. The second kappa shape index (κ2) is 7.39. The standard InChI is InChI=1S/C20H21F2N9O/c1-9-2-3-10(8-30(9)19(32)14-4-5-15(23)28-27-14)17-26-18-12-6-11(21)7-13(22)16(12)25-20(24)31(18)29-17/h4-7,9-10,17,24,26,29H,2-3,8H2,1H3,(H2,23,28)/t9-,10+,17?/m0/s1. The number of aromatic nitrogens is 4. The number of nitrogens with zero attached hydrogens (tertiary/aromatic N) is 5. The fourth-order valence-corrected chi connectivity index (χ4v) is 4.35. The maximum absolute atomic E-state index is 14.2. The zero-order chi connectivity index (χ0) is 22.6. The van der Waals surface area contributed by atoms with Crippen molar-refractivity contribution in [1.29, 1.82) is 5.41 Å². The van der Waals surface area contributed by atoms with Crippen LogP contribution in [-0.2, 0) is 0 Å². The Bertz CT molecular complexity index is 1280. The molecule has 32 heavy (non-hydrogen) atoms. The van der Waals surface area contributed by atoms with Crippen LogP contribution in [0.1, 0.15) is 30.3 Å². The van der Waals surface area contributed by atoms with Crippen molar-refractivity contribution in [2.75, 3.05) is 23.0 Å². The first-order valence-electron chi connectivity index (χ1n) is 10.2. The van der Waals surface area contributed by atoms with Gasteiger partial charge in [-0.25, -0.2) is 18.4 Å². The predicted octanol–water partition coefficient (Wildman–Crippen LogP) is 1.40. The number of carbonyl (C=O) groups excluding carboxylic acids is 1. The number of halogens is 2. The summed E-state index contributed by atoms with van der Waals surface area (Å²) in [6.07, 6.45) is 1.20. The molecule has 0 radical (unpaired) electrons. The van der Waals surface area contributed by atoms with Gasteiger partial charge in [0.25, 0.3) is 5.91 Å². The van der Waals surface area contributed by atoms with Crippen LogP contribution in [0.5, 0.6) is 0 Å². The van der Waals surface area contributed by atoms with Crippen molar-refractivity contribution in [3.05, 3.63) is 47.2 Å². The molecule has 0 saturated carbocycles. The van der Waals surface area contributed by atoms with Crippen LogP contribution < -0.4 is 22.1 Å². The quantitative estimate of drug-likeness (QED) is 0.472. The van der Waals surface area contributed by atoms with Crippen LogP contribution in [0.4, 0.5) is 20.4 Å². The van der Waals surface area contributed by atoms with E-state index in [-0.39, 0.29) is 52.1 Å². The Balaban J connectivity index is 1.42. The highest BCUT2D eigenvalue weighted by Gasteiger charge is 2.37. The van der Waals surface area contributed by atoms with Gasteiger partial charge in [0, 0.05) is 30.0 Å². The second-order valence-corrected chi connectivity index (χ2v) is 8.14. The van der Waals surface area contributed by atoms with E-state index in [4.69, 9.17) is 11.1 Å². The first-order valence-corrected chi connectivity index (χ1v) is 10.2. The number of likely N-dealkylation sites (tertiary alicyclic amines) is 1. The number of rotatable bonds is 2. The average molecular weight is 441 g/mol. The van der Waals surface area contributed by atoms with Gasteiger partial charge in [-0.3, -0.25) is 15.6 Å². The van der Waals surface area contributed by atoms with Crippen molar-refractivity contribution in [2.24, 2.45) is 5.92 Å². The molecule has 1 unspecified atom stereocenters. The Morgan fingerprint density at radius 3 is 2.81 bits per heavy atom. The molecule has 1 amide bonds. The van der Waals surface area contributed by atoms with Gasteiger partial charge < -0.3 is 16.0 Å². The topological polar surface area (TPSA) is 138 Å². The summed E-state index contributed by atoms with van der Waals surface area (Å²) in [5.74, 6) is -1.23. The fourth-order valence-electron chi connectivity index (χ4n) is 4.35. The Labute approximate surface area is 180 Å². The molecule has 0 bridgehead atoms. The minimum Gasteiger partial charge on any atom is -0.382 e. The molecule has 166 valence electrons. The lowest BCUT2D eigenvalue weighted by Gasteiger charge is -2.39. The third-order valence-electron chi connectivity index (χ3n) is 6.05. The third-order valence-corrected chi connectivity index (χ3v) is 6.05. The van der Waals surface area contributed by atoms with Crippen molar-refractivity contribution in [2.45, 2.75) is 32.0 Å². The van der Waals surface area contributed by atoms with E-state index in [2.05, 4.69) is 25.9 Å². The van der Waals surface area contributed by atoms with E-state index in [9.17, 15) is 13.6 Å². The molecule has 0 aliphatic carbocycles. The van der Waals surface area contributed by atoms with Gasteiger partial charge in [-0.1, -0.05) is 0 Å². The molecule has 12 heteroatoms. The molecule has 2 aromatic heterocycles. The molecule has 1 fully saturated rings. The number of nitrogens with two attached hydrogens (primary N) is 1. The van der Waals surface area contributed by atoms with E-state index in [0.717, 1.165) is 18.9 Å². The van der Waals surface area contributed by atoms with Crippen LogP contribution in [0.3, 0.4) is 0 Å². The number of nitrogens with one attached hydrogen (secondary N) is 3. The minimum absolute atomic E-state index is 0.00644. The molecule has 3 aromatic rings. The number of hydrogen-bond acceptors (Lipinski definition) is 8. The van der Waals surface area contributed by atoms with Crippen molar-refractivity contribution in [1.82, 2.24) is 24.8 Å². The minimum atomic E-state index is -0.824. The molecular formula is C20H21F2N9O. The maximum atomic E-state index is 14.2. The molecule has 10 nitrogen and oxygen atoms in total. The predicted molar refractivity (Wildman–Crippen MR) is 112 cm³/mol. The lowest BCUT2D eigenvalue weighted by molar-refractivity contribution is 0.0542. The smallest absolute Gasteiger partial charge is 0.274 e. The van der Waals surface area contributed by atoms with Crippen LogP contribution in [0.25, 0.3) is 10.9 Å². The van der Waals surface area contributed by atoms with Crippen molar-refractivity contribution >= 4 is 28.4 Å². The number of fused-ring (bicyclic) bond motifs is 3. The Hall–Kier alpha value is -3.83. The number of carbonyl (C=O) groups is 1. The van der Waals surface area contributed by atoms with Crippen LogP contribution in [0.15, 0.2) is 24.3 Å². The Morgan fingerprint density at radius 2 is 2.06 bits per heavy atom. The number of benzene rings is 1. The van der Waals surface area contributed by atoms with Crippen LogP contribution >= 0.6 is 0 Å². The summed E-state index contributed by atoms with van der Waals surface area (Å²) in [5, 5.41) is 19.3. The molecule has 2 aliphatic heterocycles. The molecule has 0 spiro atoms. The fraction of sp³-hybridized carbons (Fsp3) is 0.350. The van der Waals surface area contributed by atoms with Gasteiger partial charge in [0.05, 0.1) is 0 Å². The van der Waals surface area contributed by atoms with Gasteiger partial charge >= 0.3 is 0 Å². The van der Waals surface area contributed by atoms with E-state index in [1.54, 1.807) is 11.0 Å². The Morgan fingerprint density at radius 1 is 1.25 bits per heavy atom. The number of anilines is 2. The van der Waals surface area contributed by atoms with E-state index < -0.39 is 11.6 Å². The number of piperidine rings is 1. The monoisotopic (exact) mass is 441 g/mol. The lowest BCUT2D eigenvalue weighted by Crippen LogP contribution is -2.51. The van der Waals surface area contributed by atoms with Gasteiger partial charge in [-0.05, 0) is 38.0 Å². The number of amides is 1.